The van der Waals surface area contributed by atoms with E-state index in [0.717, 1.165) is 5.56 Å². The summed E-state index contributed by atoms with van der Waals surface area (Å²) in [5.74, 6) is -1.04. The zero-order valence-corrected chi connectivity index (χ0v) is 11.3. The van der Waals surface area contributed by atoms with Crippen molar-refractivity contribution in [2.45, 2.75) is 19.1 Å². The minimum absolute atomic E-state index is 0.296. The summed E-state index contributed by atoms with van der Waals surface area (Å²) in [6, 6.07) is 9.79. The Kier molecular flexibility index (Phi) is 3.68. The van der Waals surface area contributed by atoms with Crippen LogP contribution in [-0.4, -0.2) is 34.4 Å². The third kappa shape index (κ3) is 3.10. The van der Waals surface area contributed by atoms with E-state index < -0.39 is 18.0 Å². The number of carbonyl (C=O) groups is 2. The molecule has 0 amide bonds. The lowest BCUT2D eigenvalue weighted by Gasteiger charge is -2.06. The van der Waals surface area contributed by atoms with Crippen molar-refractivity contribution in [3.63, 3.8) is 0 Å². The van der Waals surface area contributed by atoms with Gasteiger partial charge in [0.2, 0.25) is 6.10 Å². The molecule has 1 aromatic carbocycles. The first kappa shape index (κ1) is 13.4. The Hall–Kier alpha value is -2.63. The highest BCUT2D eigenvalue weighted by Gasteiger charge is 2.30. The number of ether oxygens (including phenoxy) is 2. The van der Waals surface area contributed by atoms with E-state index in [0.29, 0.717) is 25.1 Å². The van der Waals surface area contributed by atoms with E-state index >= 15 is 0 Å². The quantitative estimate of drug-likeness (QED) is 0.795. The summed E-state index contributed by atoms with van der Waals surface area (Å²) in [6.07, 6.45) is 2.65. The summed E-state index contributed by atoms with van der Waals surface area (Å²) < 4.78 is 11.5. The number of esters is 2. The van der Waals surface area contributed by atoms with Gasteiger partial charge in [0.15, 0.2) is 0 Å². The highest BCUT2D eigenvalue weighted by molar-refractivity contribution is 5.91. The van der Waals surface area contributed by atoms with Crippen LogP contribution in [0.2, 0.25) is 0 Å². The molecule has 0 saturated carbocycles. The number of rotatable bonds is 4. The lowest BCUT2D eigenvalue weighted by Crippen LogP contribution is -2.22. The van der Waals surface area contributed by atoms with Crippen LogP contribution in [0.3, 0.4) is 0 Å². The average molecular weight is 286 g/mol. The van der Waals surface area contributed by atoms with Gasteiger partial charge >= 0.3 is 11.9 Å². The van der Waals surface area contributed by atoms with Gasteiger partial charge in [-0.3, -0.25) is 4.68 Å². The molecule has 1 saturated heterocycles. The maximum atomic E-state index is 11.9. The molecule has 21 heavy (non-hydrogen) atoms. The number of aromatic nitrogens is 2. The molecule has 1 aromatic heterocycles. The predicted octanol–water partition coefficient (Wildman–Crippen LogP) is 1.40. The smallest absolute Gasteiger partial charge is 0.347 e. The number of hydrogen-bond donors (Lipinski definition) is 0. The summed E-state index contributed by atoms with van der Waals surface area (Å²) in [7, 11) is 0. The molecular weight excluding hydrogens is 272 g/mol. The summed E-state index contributed by atoms with van der Waals surface area (Å²) >= 11 is 0. The van der Waals surface area contributed by atoms with E-state index in [1.165, 1.54) is 6.20 Å². The molecule has 1 aliphatic heterocycles. The molecule has 0 spiro atoms. The van der Waals surface area contributed by atoms with Crippen molar-refractivity contribution in [2.24, 2.45) is 0 Å². The van der Waals surface area contributed by atoms with Gasteiger partial charge in [-0.1, -0.05) is 30.3 Å². The van der Waals surface area contributed by atoms with Gasteiger partial charge < -0.3 is 9.47 Å². The third-order valence-corrected chi connectivity index (χ3v) is 3.19. The molecule has 0 unspecified atom stereocenters. The fraction of sp³-hybridized carbons (Fsp3) is 0.267. The van der Waals surface area contributed by atoms with E-state index in [4.69, 9.17) is 9.47 Å². The second-order valence-electron chi connectivity index (χ2n) is 4.76. The summed E-state index contributed by atoms with van der Waals surface area (Å²) in [6.45, 7) is 0.865. The molecule has 0 bridgehead atoms. The van der Waals surface area contributed by atoms with Crippen LogP contribution < -0.4 is 0 Å². The van der Waals surface area contributed by atoms with Crippen LogP contribution in [0.4, 0.5) is 0 Å². The molecule has 1 atom stereocenters. The first-order chi connectivity index (χ1) is 10.2. The Morgan fingerprint density at radius 1 is 1.38 bits per heavy atom. The maximum Gasteiger partial charge on any atom is 0.347 e. The lowest BCUT2D eigenvalue weighted by atomic mass is 10.2. The molecule has 0 radical (unpaired) electrons. The van der Waals surface area contributed by atoms with Crippen LogP contribution >= 0.6 is 0 Å². The largest absolute Gasteiger partial charge is 0.463 e. The van der Waals surface area contributed by atoms with Crippen molar-refractivity contribution in [3.05, 3.63) is 53.9 Å². The number of benzene rings is 1. The van der Waals surface area contributed by atoms with Gasteiger partial charge in [-0.2, -0.15) is 5.10 Å². The Balaban J connectivity index is 1.64. The fourth-order valence-electron chi connectivity index (χ4n) is 2.11. The number of carbonyl (C=O) groups excluding carboxylic acids is 2. The monoisotopic (exact) mass is 286 g/mol. The van der Waals surface area contributed by atoms with E-state index in [9.17, 15) is 9.59 Å². The van der Waals surface area contributed by atoms with Gasteiger partial charge in [-0.25, -0.2) is 9.59 Å². The van der Waals surface area contributed by atoms with Crippen molar-refractivity contribution in [1.29, 1.82) is 0 Å². The van der Waals surface area contributed by atoms with Crippen molar-refractivity contribution in [2.75, 3.05) is 6.61 Å². The van der Waals surface area contributed by atoms with Crippen molar-refractivity contribution in [3.8, 4) is 0 Å². The Labute approximate surface area is 121 Å². The normalized spacial score (nSPS) is 17.5. The predicted molar refractivity (Wildman–Crippen MR) is 72.6 cm³/mol. The average Bonchev–Trinajstić information content (AvgIpc) is 3.10. The van der Waals surface area contributed by atoms with Crippen LogP contribution in [-0.2, 0) is 20.8 Å². The Bertz CT molecular complexity index is 651. The molecule has 6 heteroatoms. The molecule has 6 nitrogen and oxygen atoms in total. The van der Waals surface area contributed by atoms with Crippen molar-refractivity contribution >= 4 is 11.9 Å². The number of nitrogens with zero attached hydrogens (tertiary/aromatic N) is 2. The summed E-state index contributed by atoms with van der Waals surface area (Å²) in [5, 5.41) is 4.13. The van der Waals surface area contributed by atoms with E-state index in [2.05, 4.69) is 5.10 Å². The highest BCUT2D eigenvalue weighted by Crippen LogP contribution is 2.13. The van der Waals surface area contributed by atoms with Gasteiger partial charge in [0.1, 0.15) is 0 Å². The van der Waals surface area contributed by atoms with Crippen LogP contribution in [0.5, 0.6) is 0 Å². The first-order valence-electron chi connectivity index (χ1n) is 6.66. The zero-order chi connectivity index (χ0) is 14.7. The number of hydrogen-bond acceptors (Lipinski definition) is 5. The molecule has 2 aromatic rings. The zero-order valence-electron chi connectivity index (χ0n) is 11.3. The van der Waals surface area contributed by atoms with Crippen LogP contribution in [0.15, 0.2) is 42.7 Å². The molecule has 1 fully saturated rings. The van der Waals surface area contributed by atoms with Crippen LogP contribution in [0.1, 0.15) is 22.3 Å². The van der Waals surface area contributed by atoms with Gasteiger partial charge in [0.05, 0.1) is 24.9 Å². The first-order valence-corrected chi connectivity index (χ1v) is 6.66. The second kappa shape index (κ2) is 5.78. The Morgan fingerprint density at radius 3 is 2.90 bits per heavy atom. The molecule has 108 valence electrons. The molecule has 0 aliphatic carbocycles. The van der Waals surface area contributed by atoms with Gasteiger partial charge in [0, 0.05) is 12.6 Å². The second-order valence-corrected chi connectivity index (χ2v) is 4.76. The lowest BCUT2D eigenvalue weighted by molar-refractivity contribution is -0.145. The van der Waals surface area contributed by atoms with E-state index in [1.54, 1.807) is 10.9 Å². The van der Waals surface area contributed by atoms with Gasteiger partial charge in [0.25, 0.3) is 0 Å². The number of cyclic esters (lactones) is 1. The third-order valence-electron chi connectivity index (χ3n) is 3.19. The van der Waals surface area contributed by atoms with Gasteiger partial charge in [-0.15, -0.1) is 0 Å². The van der Waals surface area contributed by atoms with E-state index in [1.807, 2.05) is 30.3 Å². The fourth-order valence-corrected chi connectivity index (χ4v) is 2.11. The minimum Gasteiger partial charge on any atom is -0.463 e. The molecular formula is C15H14N2O4. The molecule has 1 aliphatic rings. The standard InChI is InChI=1S/C15H14N2O4/c18-14(21-13-6-7-20-15(13)19)12-8-16-17(10-12)9-11-4-2-1-3-5-11/h1-5,8,10,13H,6-7,9H2/t13-/m0/s1. The Morgan fingerprint density at radius 2 is 2.19 bits per heavy atom. The SMILES string of the molecule is O=C(O[C@H]1CCOC1=O)c1cnn(Cc2ccccc2)c1. The van der Waals surface area contributed by atoms with E-state index in [-0.39, 0.29) is 0 Å². The molecule has 2 heterocycles. The summed E-state index contributed by atoms with van der Waals surface area (Å²) in [5.41, 5.74) is 1.41. The molecule has 0 N–H and O–H groups in total. The minimum atomic E-state index is -0.796. The topological polar surface area (TPSA) is 70.4 Å². The maximum absolute atomic E-state index is 11.9. The highest BCUT2D eigenvalue weighted by atomic mass is 16.6. The van der Waals surface area contributed by atoms with Crippen molar-refractivity contribution in [1.82, 2.24) is 9.78 Å². The molecule has 3 rings (SSSR count). The van der Waals surface area contributed by atoms with Crippen molar-refractivity contribution < 1.29 is 19.1 Å². The van der Waals surface area contributed by atoms with Gasteiger partial charge in [-0.05, 0) is 5.56 Å². The van der Waals surface area contributed by atoms with Crippen LogP contribution in [0.25, 0.3) is 0 Å². The summed E-state index contributed by atoms with van der Waals surface area (Å²) in [4.78, 5) is 23.2. The van der Waals surface area contributed by atoms with Crippen LogP contribution in [0, 0.1) is 0 Å².